The SMILES string of the molecule is O=C(N[C@@H]1CCC[C@@H]1c1ccc(F)c(F)c1)c1ccccc1Cc1ccccc1. The van der Waals surface area contributed by atoms with Crippen molar-refractivity contribution in [3.8, 4) is 0 Å². The van der Waals surface area contributed by atoms with E-state index in [-0.39, 0.29) is 17.9 Å². The molecule has 2 nitrogen and oxygen atoms in total. The van der Waals surface area contributed by atoms with E-state index in [2.05, 4.69) is 5.32 Å². The third kappa shape index (κ3) is 4.37. The van der Waals surface area contributed by atoms with E-state index in [1.807, 2.05) is 54.6 Å². The van der Waals surface area contributed by atoms with Crippen molar-refractivity contribution >= 4 is 5.91 Å². The molecular weight excluding hydrogens is 368 g/mol. The molecule has 0 aromatic heterocycles. The number of carbonyl (C=O) groups is 1. The molecule has 148 valence electrons. The van der Waals surface area contributed by atoms with Gasteiger partial charge in [-0.2, -0.15) is 0 Å². The fourth-order valence-corrected chi connectivity index (χ4v) is 4.23. The van der Waals surface area contributed by atoms with Crippen molar-refractivity contribution in [2.45, 2.75) is 37.6 Å². The smallest absolute Gasteiger partial charge is 0.251 e. The molecule has 0 heterocycles. The van der Waals surface area contributed by atoms with Crippen molar-refractivity contribution in [2.75, 3.05) is 0 Å². The van der Waals surface area contributed by atoms with Gasteiger partial charge >= 0.3 is 0 Å². The summed E-state index contributed by atoms with van der Waals surface area (Å²) in [7, 11) is 0. The van der Waals surface area contributed by atoms with Crippen LogP contribution in [0.15, 0.2) is 72.8 Å². The van der Waals surface area contributed by atoms with E-state index in [1.165, 1.54) is 6.07 Å². The summed E-state index contributed by atoms with van der Waals surface area (Å²) < 4.78 is 27.0. The molecule has 4 heteroatoms. The van der Waals surface area contributed by atoms with Gasteiger partial charge in [0.2, 0.25) is 0 Å². The lowest BCUT2D eigenvalue weighted by molar-refractivity contribution is 0.0933. The summed E-state index contributed by atoms with van der Waals surface area (Å²) >= 11 is 0. The van der Waals surface area contributed by atoms with Gasteiger partial charge in [-0.3, -0.25) is 4.79 Å². The van der Waals surface area contributed by atoms with Crippen LogP contribution in [0.2, 0.25) is 0 Å². The Hall–Kier alpha value is -3.01. The van der Waals surface area contributed by atoms with E-state index < -0.39 is 11.6 Å². The molecule has 29 heavy (non-hydrogen) atoms. The Morgan fingerprint density at radius 2 is 1.66 bits per heavy atom. The molecule has 1 saturated carbocycles. The van der Waals surface area contributed by atoms with Crippen LogP contribution < -0.4 is 5.32 Å². The number of carbonyl (C=O) groups excluding carboxylic acids is 1. The van der Waals surface area contributed by atoms with E-state index in [1.54, 1.807) is 6.07 Å². The van der Waals surface area contributed by atoms with Gasteiger partial charge in [-0.25, -0.2) is 8.78 Å². The van der Waals surface area contributed by atoms with Gasteiger partial charge in [-0.05, 0) is 54.2 Å². The summed E-state index contributed by atoms with van der Waals surface area (Å²) in [6.07, 6.45) is 3.31. The topological polar surface area (TPSA) is 29.1 Å². The lowest BCUT2D eigenvalue weighted by Gasteiger charge is -2.22. The van der Waals surface area contributed by atoms with Crippen LogP contribution in [0.4, 0.5) is 8.78 Å². The zero-order valence-electron chi connectivity index (χ0n) is 16.1. The summed E-state index contributed by atoms with van der Waals surface area (Å²) in [6.45, 7) is 0. The first-order valence-corrected chi connectivity index (χ1v) is 9.99. The maximum Gasteiger partial charge on any atom is 0.251 e. The summed E-state index contributed by atoms with van der Waals surface area (Å²) in [5.41, 5.74) is 3.52. The lowest BCUT2D eigenvalue weighted by atomic mass is 9.93. The van der Waals surface area contributed by atoms with Crippen LogP contribution in [0.25, 0.3) is 0 Å². The number of rotatable bonds is 5. The van der Waals surface area contributed by atoms with E-state index in [4.69, 9.17) is 0 Å². The highest BCUT2D eigenvalue weighted by Gasteiger charge is 2.31. The van der Waals surface area contributed by atoms with Gasteiger partial charge in [0.15, 0.2) is 11.6 Å². The molecule has 0 unspecified atom stereocenters. The minimum atomic E-state index is -0.845. The number of halogens is 2. The highest BCUT2D eigenvalue weighted by Crippen LogP contribution is 2.35. The molecule has 3 aromatic rings. The Kier molecular flexibility index (Phi) is 5.70. The first-order valence-electron chi connectivity index (χ1n) is 9.99. The Balaban J connectivity index is 1.52. The predicted octanol–water partition coefficient (Wildman–Crippen LogP) is 5.62. The van der Waals surface area contributed by atoms with Gasteiger partial charge in [0, 0.05) is 17.5 Å². The van der Waals surface area contributed by atoms with Crippen LogP contribution in [0.5, 0.6) is 0 Å². The van der Waals surface area contributed by atoms with Crippen LogP contribution in [-0.4, -0.2) is 11.9 Å². The minimum absolute atomic E-state index is 0.00432. The fourth-order valence-electron chi connectivity index (χ4n) is 4.23. The Morgan fingerprint density at radius 1 is 0.897 bits per heavy atom. The van der Waals surface area contributed by atoms with Crippen molar-refractivity contribution in [1.82, 2.24) is 5.32 Å². The zero-order valence-corrected chi connectivity index (χ0v) is 16.1. The second-order valence-corrected chi connectivity index (χ2v) is 7.61. The maximum atomic E-state index is 13.7. The van der Waals surface area contributed by atoms with E-state index >= 15 is 0 Å². The van der Waals surface area contributed by atoms with Crippen molar-refractivity contribution < 1.29 is 13.6 Å². The first-order chi connectivity index (χ1) is 14.1. The standard InChI is InChI=1S/C25H23F2NO/c26-22-14-13-19(16-23(22)27)20-11-6-12-24(20)28-25(29)21-10-5-4-9-18(21)15-17-7-2-1-3-8-17/h1-5,7-10,13-14,16,20,24H,6,11-12,15H2,(H,28,29)/t20-,24-/m1/s1. The average Bonchev–Trinajstić information content (AvgIpc) is 3.19. The van der Waals surface area contributed by atoms with Crippen molar-refractivity contribution in [2.24, 2.45) is 0 Å². The van der Waals surface area contributed by atoms with E-state index in [0.717, 1.165) is 42.0 Å². The van der Waals surface area contributed by atoms with Gasteiger partial charge in [-0.1, -0.05) is 61.0 Å². The molecule has 0 spiro atoms. The van der Waals surface area contributed by atoms with Crippen LogP contribution in [0.3, 0.4) is 0 Å². The number of amides is 1. The maximum absolute atomic E-state index is 13.7. The molecule has 0 bridgehead atoms. The average molecular weight is 391 g/mol. The van der Waals surface area contributed by atoms with Crippen LogP contribution in [-0.2, 0) is 6.42 Å². The molecular formula is C25H23F2NO. The van der Waals surface area contributed by atoms with Crippen LogP contribution in [0, 0.1) is 11.6 Å². The fraction of sp³-hybridized carbons (Fsp3) is 0.240. The second kappa shape index (κ2) is 8.56. The molecule has 1 fully saturated rings. The van der Waals surface area contributed by atoms with Crippen LogP contribution in [0.1, 0.15) is 52.2 Å². The van der Waals surface area contributed by atoms with Crippen molar-refractivity contribution in [3.63, 3.8) is 0 Å². The molecule has 1 aliphatic rings. The third-order valence-corrected chi connectivity index (χ3v) is 5.70. The highest BCUT2D eigenvalue weighted by atomic mass is 19.2. The van der Waals surface area contributed by atoms with Crippen molar-refractivity contribution in [1.29, 1.82) is 0 Å². The van der Waals surface area contributed by atoms with Gasteiger partial charge in [0.25, 0.3) is 5.91 Å². The lowest BCUT2D eigenvalue weighted by Crippen LogP contribution is -2.37. The number of nitrogens with one attached hydrogen (secondary N) is 1. The number of hydrogen-bond donors (Lipinski definition) is 1. The van der Waals surface area contributed by atoms with Crippen molar-refractivity contribution in [3.05, 3.63) is 107 Å². The zero-order chi connectivity index (χ0) is 20.2. The van der Waals surface area contributed by atoms with Gasteiger partial charge in [0.05, 0.1) is 0 Å². The Bertz CT molecular complexity index is 1000. The summed E-state index contributed by atoms with van der Waals surface area (Å²) in [5, 5.41) is 3.15. The second-order valence-electron chi connectivity index (χ2n) is 7.61. The molecule has 1 aliphatic carbocycles. The quantitative estimate of drug-likeness (QED) is 0.601. The Morgan fingerprint density at radius 3 is 2.45 bits per heavy atom. The highest BCUT2D eigenvalue weighted by molar-refractivity contribution is 5.96. The monoisotopic (exact) mass is 391 g/mol. The Labute approximate surface area is 169 Å². The predicted molar refractivity (Wildman–Crippen MR) is 110 cm³/mol. The first kappa shape index (κ1) is 19.3. The number of benzene rings is 3. The molecule has 2 atom stereocenters. The van der Waals surface area contributed by atoms with Crippen LogP contribution >= 0.6 is 0 Å². The largest absolute Gasteiger partial charge is 0.349 e. The molecule has 1 amide bonds. The van der Waals surface area contributed by atoms with E-state index in [9.17, 15) is 13.6 Å². The number of hydrogen-bond acceptors (Lipinski definition) is 1. The molecule has 3 aromatic carbocycles. The molecule has 4 rings (SSSR count). The normalized spacial score (nSPS) is 18.6. The third-order valence-electron chi connectivity index (χ3n) is 5.70. The molecule has 0 saturated heterocycles. The van der Waals surface area contributed by atoms with Gasteiger partial charge in [0.1, 0.15) is 0 Å². The minimum Gasteiger partial charge on any atom is -0.349 e. The molecule has 0 aliphatic heterocycles. The summed E-state index contributed by atoms with van der Waals surface area (Å²) in [6, 6.07) is 21.6. The van der Waals surface area contributed by atoms with Gasteiger partial charge in [-0.15, -0.1) is 0 Å². The molecule has 0 radical (unpaired) electrons. The summed E-state index contributed by atoms with van der Waals surface area (Å²) in [4.78, 5) is 13.1. The summed E-state index contributed by atoms with van der Waals surface area (Å²) in [5.74, 6) is -1.80. The van der Waals surface area contributed by atoms with Gasteiger partial charge < -0.3 is 5.32 Å². The van der Waals surface area contributed by atoms with E-state index in [0.29, 0.717) is 12.0 Å². The molecule has 1 N–H and O–H groups in total.